The minimum atomic E-state index is -1.19. The number of nitrogens with zero attached hydrogens (tertiary/aromatic N) is 1. The summed E-state index contributed by atoms with van der Waals surface area (Å²) in [6.45, 7) is 4.00. The Morgan fingerprint density at radius 3 is 2.54 bits per heavy atom. The molecule has 1 aliphatic rings. The number of urea groups is 1. The predicted octanol–water partition coefficient (Wildman–Crippen LogP) is 3.10. The zero-order valence-electron chi connectivity index (χ0n) is 22.9. The molecule has 11 heteroatoms. The lowest BCUT2D eigenvalue weighted by molar-refractivity contribution is -0.135. The number of fused-ring (bicyclic) bond motifs is 1. The van der Waals surface area contributed by atoms with Crippen LogP contribution in [0.1, 0.15) is 30.5 Å². The van der Waals surface area contributed by atoms with Gasteiger partial charge in [0.05, 0.1) is 12.1 Å². The van der Waals surface area contributed by atoms with Gasteiger partial charge in [-0.15, -0.1) is 0 Å². The molecule has 41 heavy (non-hydrogen) atoms. The molecule has 3 aromatic rings. The molecule has 0 saturated heterocycles. The third kappa shape index (κ3) is 7.84. The predicted molar refractivity (Wildman–Crippen MR) is 156 cm³/mol. The van der Waals surface area contributed by atoms with Crippen molar-refractivity contribution in [3.05, 3.63) is 89.2 Å². The molecule has 3 aromatic carbocycles. The Balaban J connectivity index is 1.53. The van der Waals surface area contributed by atoms with E-state index >= 15 is 0 Å². The number of rotatable bonds is 9. The summed E-state index contributed by atoms with van der Waals surface area (Å²) in [5, 5.41) is 16.0. The van der Waals surface area contributed by atoms with E-state index in [2.05, 4.69) is 16.0 Å². The molecule has 0 unspecified atom stereocenters. The van der Waals surface area contributed by atoms with Crippen LogP contribution in [0.25, 0.3) is 11.1 Å². The molecule has 0 fully saturated rings. The topological polar surface area (TPSA) is 137 Å². The average molecular weight is 580 g/mol. The number of benzene rings is 3. The Morgan fingerprint density at radius 1 is 1.10 bits per heavy atom. The van der Waals surface area contributed by atoms with E-state index in [0.29, 0.717) is 11.4 Å². The van der Waals surface area contributed by atoms with Crippen molar-refractivity contribution in [3.8, 4) is 11.1 Å². The molecule has 0 radical (unpaired) electrons. The summed E-state index contributed by atoms with van der Waals surface area (Å²) in [4.78, 5) is 40.4. The van der Waals surface area contributed by atoms with Gasteiger partial charge in [0.25, 0.3) is 5.91 Å². The maximum Gasteiger partial charge on any atom is 0.315 e. The second kappa shape index (κ2) is 13.2. The maximum absolute atomic E-state index is 14.0. The quantitative estimate of drug-likeness (QED) is 0.264. The molecule has 1 heterocycles. The van der Waals surface area contributed by atoms with Gasteiger partial charge in [-0.2, -0.15) is 0 Å². The molecule has 4 amide bonds. The van der Waals surface area contributed by atoms with Crippen LogP contribution in [0.3, 0.4) is 0 Å². The fraction of sp³-hybridized carbons (Fsp3) is 0.300. The summed E-state index contributed by atoms with van der Waals surface area (Å²) in [6, 6.07) is 19.5. The minimum absolute atomic E-state index is 0.134. The number of nitrogens with one attached hydrogen (secondary N) is 3. The van der Waals surface area contributed by atoms with Crippen LogP contribution >= 0.6 is 11.8 Å². The summed E-state index contributed by atoms with van der Waals surface area (Å²) in [6.07, 6.45) is 0. The molecule has 0 aliphatic carbocycles. The zero-order chi connectivity index (χ0) is 29.6. The molecule has 0 aromatic heterocycles. The Bertz CT molecular complexity index is 1410. The van der Waals surface area contributed by atoms with Crippen LogP contribution in [-0.2, 0) is 29.2 Å². The summed E-state index contributed by atoms with van der Waals surface area (Å²) < 4.78 is 14.0. The SMILES string of the molecule is CC(C)(N)C(=O)N[C@@H]1Sc2cc(F)ccc2CN(Cc2ccc(-c3ccccc3CNC(=O)NCCO)cc2)C1=O. The van der Waals surface area contributed by atoms with Gasteiger partial charge < -0.3 is 31.7 Å². The number of aliphatic hydroxyl groups excluding tert-OH is 1. The molecule has 1 atom stereocenters. The number of carbonyl (C=O) groups excluding carboxylic acids is 3. The van der Waals surface area contributed by atoms with E-state index in [1.807, 2.05) is 48.5 Å². The molecule has 0 spiro atoms. The van der Waals surface area contributed by atoms with Crippen molar-refractivity contribution < 1.29 is 23.9 Å². The van der Waals surface area contributed by atoms with Crippen molar-refractivity contribution in [3.63, 3.8) is 0 Å². The zero-order valence-corrected chi connectivity index (χ0v) is 23.8. The van der Waals surface area contributed by atoms with Gasteiger partial charge in [0.2, 0.25) is 5.91 Å². The van der Waals surface area contributed by atoms with Gasteiger partial charge in [0, 0.05) is 31.1 Å². The highest BCUT2D eigenvalue weighted by atomic mass is 32.2. The van der Waals surface area contributed by atoms with Crippen molar-refractivity contribution in [2.45, 2.75) is 49.3 Å². The number of hydrogen-bond acceptors (Lipinski definition) is 6. The smallest absolute Gasteiger partial charge is 0.315 e. The number of carbonyl (C=O) groups is 3. The first-order valence-corrected chi connectivity index (χ1v) is 14.1. The van der Waals surface area contributed by atoms with Crippen LogP contribution in [0.15, 0.2) is 71.6 Å². The van der Waals surface area contributed by atoms with Crippen molar-refractivity contribution in [1.82, 2.24) is 20.9 Å². The number of thioether (sulfide) groups is 1. The molecule has 4 rings (SSSR count). The number of amides is 4. The van der Waals surface area contributed by atoms with Gasteiger partial charge in [0.1, 0.15) is 5.82 Å². The van der Waals surface area contributed by atoms with Crippen LogP contribution in [0.4, 0.5) is 9.18 Å². The van der Waals surface area contributed by atoms with E-state index in [-0.39, 0.29) is 38.2 Å². The van der Waals surface area contributed by atoms with E-state index in [9.17, 15) is 18.8 Å². The van der Waals surface area contributed by atoms with E-state index in [4.69, 9.17) is 10.8 Å². The van der Waals surface area contributed by atoms with Crippen molar-refractivity contribution in [1.29, 1.82) is 0 Å². The second-order valence-corrected chi connectivity index (χ2v) is 11.5. The number of halogens is 1. The van der Waals surface area contributed by atoms with Crippen LogP contribution < -0.4 is 21.7 Å². The highest BCUT2D eigenvalue weighted by Gasteiger charge is 2.34. The molecule has 0 bridgehead atoms. The summed E-state index contributed by atoms with van der Waals surface area (Å²) >= 11 is 1.11. The van der Waals surface area contributed by atoms with E-state index in [0.717, 1.165) is 39.6 Å². The Labute approximate surface area is 242 Å². The van der Waals surface area contributed by atoms with Crippen molar-refractivity contribution in [2.24, 2.45) is 5.73 Å². The lowest BCUT2D eigenvalue weighted by Gasteiger charge is -2.27. The lowest BCUT2D eigenvalue weighted by Crippen LogP contribution is -2.54. The highest BCUT2D eigenvalue weighted by molar-refractivity contribution is 8.00. The fourth-order valence-electron chi connectivity index (χ4n) is 4.30. The lowest BCUT2D eigenvalue weighted by atomic mass is 9.98. The molecular formula is C30H34FN5O4S. The second-order valence-electron chi connectivity index (χ2n) is 10.3. The summed E-state index contributed by atoms with van der Waals surface area (Å²) in [5.41, 5.74) is 9.23. The van der Waals surface area contributed by atoms with Gasteiger partial charge in [0.15, 0.2) is 5.37 Å². The Kier molecular flexibility index (Phi) is 9.64. The number of aliphatic hydroxyl groups is 1. The van der Waals surface area contributed by atoms with Crippen LogP contribution in [0, 0.1) is 5.82 Å². The minimum Gasteiger partial charge on any atom is -0.395 e. The molecule has 0 saturated carbocycles. The van der Waals surface area contributed by atoms with Gasteiger partial charge in [-0.25, -0.2) is 9.18 Å². The highest BCUT2D eigenvalue weighted by Crippen LogP contribution is 2.33. The first kappa shape index (κ1) is 30.0. The van der Waals surface area contributed by atoms with Crippen molar-refractivity contribution in [2.75, 3.05) is 13.2 Å². The first-order valence-electron chi connectivity index (χ1n) is 13.2. The Morgan fingerprint density at radius 2 is 1.83 bits per heavy atom. The van der Waals surface area contributed by atoms with E-state index in [1.165, 1.54) is 12.1 Å². The third-order valence-electron chi connectivity index (χ3n) is 6.51. The van der Waals surface area contributed by atoms with E-state index < -0.39 is 22.6 Å². The van der Waals surface area contributed by atoms with Gasteiger partial charge in [-0.1, -0.05) is 66.4 Å². The third-order valence-corrected chi connectivity index (χ3v) is 7.70. The summed E-state index contributed by atoms with van der Waals surface area (Å²) in [5.74, 6) is -1.20. The maximum atomic E-state index is 14.0. The van der Waals surface area contributed by atoms with Crippen LogP contribution in [0.2, 0.25) is 0 Å². The standard InChI is InChI=1S/C30H34FN5O4S/c1-30(2,32)28(39)35-26-27(38)36(18-22-11-12-23(31)15-25(22)41-26)17-19-7-9-20(10-8-19)24-6-4-3-5-21(24)16-34-29(40)33-13-14-37/h3-12,15,26,37H,13-14,16-18,32H2,1-2H3,(H,35,39)(H2,33,34,40)/t26-/m1/s1. The molecule has 6 N–H and O–H groups in total. The summed E-state index contributed by atoms with van der Waals surface area (Å²) in [7, 11) is 0. The molecule has 9 nitrogen and oxygen atoms in total. The number of hydrogen-bond donors (Lipinski definition) is 5. The van der Waals surface area contributed by atoms with Crippen LogP contribution in [-0.4, -0.2) is 51.9 Å². The Hall–Kier alpha value is -3.93. The number of nitrogens with two attached hydrogens (primary N) is 1. The normalized spacial score (nSPS) is 15.1. The van der Waals surface area contributed by atoms with Crippen molar-refractivity contribution >= 4 is 29.6 Å². The first-order chi connectivity index (χ1) is 19.5. The van der Waals surface area contributed by atoms with Gasteiger partial charge in [-0.05, 0) is 53.8 Å². The van der Waals surface area contributed by atoms with Gasteiger partial charge >= 0.3 is 6.03 Å². The molecular weight excluding hydrogens is 545 g/mol. The molecule has 1 aliphatic heterocycles. The largest absolute Gasteiger partial charge is 0.395 e. The van der Waals surface area contributed by atoms with Crippen LogP contribution in [0.5, 0.6) is 0 Å². The van der Waals surface area contributed by atoms with Gasteiger partial charge in [-0.3, -0.25) is 9.59 Å². The fourth-order valence-corrected chi connectivity index (χ4v) is 5.43. The monoisotopic (exact) mass is 579 g/mol. The average Bonchev–Trinajstić information content (AvgIpc) is 3.06. The molecule has 216 valence electrons. The van der Waals surface area contributed by atoms with E-state index in [1.54, 1.807) is 24.8 Å².